The maximum atomic E-state index is 12.8. The summed E-state index contributed by atoms with van der Waals surface area (Å²) in [6.07, 6.45) is 1.26. The first-order valence-corrected chi connectivity index (χ1v) is 11.7. The van der Waals surface area contributed by atoms with Crippen molar-refractivity contribution in [2.24, 2.45) is 5.92 Å². The Hall–Kier alpha value is -2.30. The second kappa shape index (κ2) is 9.47. The Kier molecular flexibility index (Phi) is 6.99. The summed E-state index contributed by atoms with van der Waals surface area (Å²) in [6, 6.07) is 8.23. The number of aromatic nitrogens is 1. The molecule has 0 aliphatic carbocycles. The number of carbonyl (C=O) groups excluding carboxylic acids is 2. The van der Waals surface area contributed by atoms with Crippen LogP contribution in [0.3, 0.4) is 0 Å². The fraction of sp³-hybridized carbons (Fsp3) is 0.421. The number of benzene rings is 1. The standard InChI is InChI=1S/C19H23N3O5S2/c1-2-27-17(23)11-15-13-28-19(20-15)21-18(24)14-7-6-10-22(12-14)29(25,26)16-8-4-3-5-9-16/h3-5,8-9,13-14H,2,6-7,10-12H2,1H3,(H,20,21,24)/t14-/m1/s1. The topological polar surface area (TPSA) is 106 Å². The van der Waals surface area contributed by atoms with Gasteiger partial charge in [0.2, 0.25) is 15.9 Å². The average molecular weight is 438 g/mol. The number of carbonyl (C=O) groups is 2. The summed E-state index contributed by atoms with van der Waals surface area (Å²) in [7, 11) is -3.63. The zero-order chi connectivity index (χ0) is 20.9. The quantitative estimate of drug-likeness (QED) is 0.666. The molecule has 0 radical (unpaired) electrons. The van der Waals surface area contributed by atoms with E-state index in [1.165, 1.54) is 15.6 Å². The van der Waals surface area contributed by atoms with Gasteiger partial charge in [0, 0.05) is 18.5 Å². The third-order valence-electron chi connectivity index (χ3n) is 4.55. The SMILES string of the molecule is CCOC(=O)Cc1csc(NC(=O)[C@@H]2CCCN(S(=O)(=O)c3ccccc3)C2)n1. The lowest BCUT2D eigenvalue weighted by molar-refractivity contribution is -0.142. The molecule has 1 fully saturated rings. The summed E-state index contributed by atoms with van der Waals surface area (Å²) < 4.78 is 31.9. The minimum absolute atomic E-state index is 0.0483. The first-order chi connectivity index (χ1) is 13.9. The molecule has 0 spiro atoms. The zero-order valence-electron chi connectivity index (χ0n) is 16.0. The van der Waals surface area contributed by atoms with Crippen LogP contribution < -0.4 is 5.32 Å². The number of sulfonamides is 1. The summed E-state index contributed by atoms with van der Waals surface area (Å²) >= 11 is 1.22. The molecule has 3 rings (SSSR count). The molecule has 10 heteroatoms. The van der Waals surface area contributed by atoms with Gasteiger partial charge in [-0.15, -0.1) is 11.3 Å². The molecule has 0 saturated carbocycles. The summed E-state index contributed by atoms with van der Waals surface area (Å²) in [5.74, 6) is -1.10. The highest BCUT2D eigenvalue weighted by Crippen LogP contribution is 2.25. The van der Waals surface area contributed by atoms with Crippen molar-refractivity contribution in [3.05, 3.63) is 41.4 Å². The second-order valence-electron chi connectivity index (χ2n) is 6.63. The molecule has 0 bridgehead atoms. The Bertz CT molecular complexity index is 959. The number of nitrogens with zero attached hydrogens (tertiary/aromatic N) is 2. The van der Waals surface area contributed by atoms with Crippen LogP contribution in [0.5, 0.6) is 0 Å². The number of nitrogens with one attached hydrogen (secondary N) is 1. The lowest BCUT2D eigenvalue weighted by atomic mass is 9.99. The van der Waals surface area contributed by atoms with Crippen molar-refractivity contribution >= 4 is 38.4 Å². The molecule has 1 aromatic carbocycles. The van der Waals surface area contributed by atoms with Crippen LogP contribution in [0.25, 0.3) is 0 Å². The largest absolute Gasteiger partial charge is 0.466 e. The third kappa shape index (κ3) is 5.40. The van der Waals surface area contributed by atoms with Gasteiger partial charge in [-0.2, -0.15) is 4.31 Å². The number of rotatable bonds is 7. The first kappa shape index (κ1) is 21.4. The Morgan fingerprint density at radius 3 is 2.79 bits per heavy atom. The Morgan fingerprint density at radius 1 is 1.31 bits per heavy atom. The van der Waals surface area contributed by atoms with E-state index in [2.05, 4.69) is 10.3 Å². The average Bonchev–Trinajstić information content (AvgIpc) is 3.15. The van der Waals surface area contributed by atoms with Crippen molar-refractivity contribution in [3.63, 3.8) is 0 Å². The van der Waals surface area contributed by atoms with Crippen LogP contribution in [0.1, 0.15) is 25.5 Å². The highest BCUT2D eigenvalue weighted by molar-refractivity contribution is 7.89. The van der Waals surface area contributed by atoms with E-state index in [1.54, 1.807) is 42.6 Å². The fourth-order valence-electron chi connectivity index (χ4n) is 3.13. The molecule has 1 N–H and O–H groups in total. The number of esters is 1. The van der Waals surface area contributed by atoms with Crippen LogP contribution in [0.4, 0.5) is 5.13 Å². The number of amides is 1. The molecule has 1 aliphatic heterocycles. The summed E-state index contributed by atoms with van der Waals surface area (Å²) in [5.41, 5.74) is 0.528. The van der Waals surface area contributed by atoms with Crippen LogP contribution in [0.15, 0.2) is 40.6 Å². The van der Waals surface area contributed by atoms with Gasteiger partial charge in [0.1, 0.15) is 0 Å². The smallest absolute Gasteiger partial charge is 0.311 e. The molecule has 8 nitrogen and oxygen atoms in total. The number of thiazole rings is 1. The van der Waals surface area contributed by atoms with Gasteiger partial charge in [0.25, 0.3) is 0 Å². The number of ether oxygens (including phenoxy) is 1. The molecule has 1 saturated heterocycles. The molecule has 2 heterocycles. The summed E-state index contributed by atoms with van der Waals surface area (Å²) in [5, 5.41) is 4.82. The lowest BCUT2D eigenvalue weighted by Gasteiger charge is -2.31. The van der Waals surface area contributed by atoms with Gasteiger partial charge in [-0.25, -0.2) is 13.4 Å². The van der Waals surface area contributed by atoms with Crippen LogP contribution in [-0.2, 0) is 30.8 Å². The Balaban J connectivity index is 1.62. The minimum atomic E-state index is -3.63. The zero-order valence-corrected chi connectivity index (χ0v) is 17.7. The Labute approximate surface area is 173 Å². The molecule has 1 aliphatic rings. The molecule has 0 unspecified atom stereocenters. The van der Waals surface area contributed by atoms with Gasteiger partial charge in [-0.1, -0.05) is 18.2 Å². The van der Waals surface area contributed by atoms with E-state index in [1.807, 2.05) is 0 Å². The lowest BCUT2D eigenvalue weighted by Crippen LogP contribution is -2.43. The van der Waals surface area contributed by atoms with Crippen LogP contribution in [-0.4, -0.2) is 49.3 Å². The maximum absolute atomic E-state index is 12.8. The molecule has 1 aromatic heterocycles. The van der Waals surface area contributed by atoms with E-state index in [0.717, 1.165) is 0 Å². The van der Waals surface area contributed by atoms with Crippen LogP contribution in [0, 0.1) is 5.92 Å². The Morgan fingerprint density at radius 2 is 2.07 bits per heavy atom. The number of piperidine rings is 1. The monoisotopic (exact) mass is 437 g/mol. The van der Waals surface area contributed by atoms with Crippen LogP contribution in [0.2, 0.25) is 0 Å². The molecule has 156 valence electrons. The predicted molar refractivity (Wildman–Crippen MR) is 109 cm³/mol. The normalized spacial score (nSPS) is 17.6. The number of hydrogen-bond acceptors (Lipinski definition) is 7. The van der Waals surface area contributed by atoms with E-state index >= 15 is 0 Å². The van der Waals surface area contributed by atoms with Gasteiger partial charge in [0.15, 0.2) is 5.13 Å². The number of anilines is 1. The van der Waals surface area contributed by atoms with E-state index < -0.39 is 15.9 Å². The van der Waals surface area contributed by atoms with Crippen molar-refractivity contribution in [1.29, 1.82) is 0 Å². The highest BCUT2D eigenvalue weighted by atomic mass is 32.2. The van der Waals surface area contributed by atoms with Crippen molar-refractivity contribution in [2.75, 3.05) is 25.0 Å². The molecule has 1 amide bonds. The van der Waals surface area contributed by atoms with Crippen molar-refractivity contribution in [3.8, 4) is 0 Å². The van der Waals surface area contributed by atoms with E-state index in [4.69, 9.17) is 4.74 Å². The van der Waals surface area contributed by atoms with Gasteiger partial charge in [-0.3, -0.25) is 9.59 Å². The molecular formula is C19H23N3O5S2. The molecule has 2 aromatic rings. The fourth-order valence-corrected chi connectivity index (χ4v) is 5.39. The number of hydrogen-bond donors (Lipinski definition) is 1. The van der Waals surface area contributed by atoms with Crippen molar-refractivity contribution in [2.45, 2.75) is 31.1 Å². The molecular weight excluding hydrogens is 414 g/mol. The van der Waals surface area contributed by atoms with Gasteiger partial charge >= 0.3 is 5.97 Å². The van der Waals surface area contributed by atoms with Crippen LogP contribution >= 0.6 is 11.3 Å². The van der Waals surface area contributed by atoms with E-state index in [9.17, 15) is 18.0 Å². The minimum Gasteiger partial charge on any atom is -0.466 e. The van der Waals surface area contributed by atoms with Crippen molar-refractivity contribution in [1.82, 2.24) is 9.29 Å². The summed E-state index contributed by atoms with van der Waals surface area (Å²) in [6.45, 7) is 2.55. The highest BCUT2D eigenvalue weighted by Gasteiger charge is 2.33. The van der Waals surface area contributed by atoms with E-state index in [-0.39, 0.29) is 29.7 Å². The van der Waals surface area contributed by atoms with Gasteiger partial charge in [-0.05, 0) is 31.9 Å². The molecule has 1 atom stereocenters. The first-order valence-electron chi connectivity index (χ1n) is 9.36. The molecule has 29 heavy (non-hydrogen) atoms. The van der Waals surface area contributed by atoms with Crippen molar-refractivity contribution < 1.29 is 22.7 Å². The van der Waals surface area contributed by atoms with Gasteiger partial charge in [0.05, 0.1) is 29.5 Å². The third-order valence-corrected chi connectivity index (χ3v) is 7.23. The second-order valence-corrected chi connectivity index (χ2v) is 9.43. The maximum Gasteiger partial charge on any atom is 0.311 e. The van der Waals surface area contributed by atoms with E-state index in [0.29, 0.717) is 36.8 Å². The summed E-state index contributed by atoms with van der Waals surface area (Å²) in [4.78, 5) is 28.6. The van der Waals surface area contributed by atoms with Gasteiger partial charge < -0.3 is 10.1 Å². The predicted octanol–water partition coefficient (Wildman–Crippen LogP) is 2.29.